The Morgan fingerprint density at radius 2 is 1.95 bits per heavy atom. The Hall–Kier alpha value is -1.26. The lowest BCUT2D eigenvalue weighted by molar-refractivity contribution is 0.482. The van der Waals surface area contributed by atoms with Crippen LogP contribution >= 0.6 is 11.3 Å². The highest BCUT2D eigenvalue weighted by Crippen LogP contribution is 2.28. The quantitative estimate of drug-likeness (QED) is 0.928. The molecule has 0 amide bonds. The monoisotopic (exact) mass is 292 g/mol. The Morgan fingerprint density at radius 1 is 1.25 bits per heavy atom. The Morgan fingerprint density at radius 3 is 2.50 bits per heavy atom. The summed E-state index contributed by atoms with van der Waals surface area (Å²) in [6, 6.07) is 6.48. The van der Waals surface area contributed by atoms with Crippen molar-refractivity contribution in [3.8, 4) is 0 Å². The van der Waals surface area contributed by atoms with Crippen molar-refractivity contribution < 1.29 is 4.39 Å². The Bertz CT molecular complexity index is 597. The first-order valence-electron chi connectivity index (χ1n) is 6.68. The van der Waals surface area contributed by atoms with Gasteiger partial charge in [-0.25, -0.2) is 9.37 Å². The highest BCUT2D eigenvalue weighted by atomic mass is 32.1. The summed E-state index contributed by atoms with van der Waals surface area (Å²) >= 11 is 1.62. The number of rotatable bonds is 3. The summed E-state index contributed by atoms with van der Waals surface area (Å²) < 4.78 is 13.3. The molecule has 1 aromatic heterocycles. The van der Waals surface area contributed by atoms with E-state index in [4.69, 9.17) is 5.73 Å². The molecule has 0 aliphatic carbocycles. The van der Waals surface area contributed by atoms with Crippen molar-refractivity contribution in [3.63, 3.8) is 0 Å². The van der Waals surface area contributed by atoms with Gasteiger partial charge in [0.05, 0.1) is 10.7 Å². The predicted octanol–water partition coefficient (Wildman–Crippen LogP) is 4.00. The number of hydrogen-bond acceptors (Lipinski definition) is 3. The van der Waals surface area contributed by atoms with Crippen molar-refractivity contribution in [2.45, 2.75) is 45.1 Å². The molecule has 20 heavy (non-hydrogen) atoms. The molecule has 2 nitrogen and oxygen atoms in total. The third kappa shape index (κ3) is 3.44. The van der Waals surface area contributed by atoms with Crippen LogP contribution in [0, 0.1) is 5.82 Å². The molecule has 2 aromatic rings. The van der Waals surface area contributed by atoms with Gasteiger partial charge < -0.3 is 5.73 Å². The highest BCUT2D eigenvalue weighted by molar-refractivity contribution is 7.09. The fourth-order valence-electron chi connectivity index (χ4n) is 2.00. The van der Waals surface area contributed by atoms with E-state index < -0.39 is 5.54 Å². The first kappa shape index (κ1) is 15.1. The van der Waals surface area contributed by atoms with Crippen molar-refractivity contribution in [3.05, 3.63) is 51.7 Å². The average molecular weight is 292 g/mol. The molecular formula is C16H21FN2S. The minimum Gasteiger partial charge on any atom is -0.321 e. The predicted molar refractivity (Wildman–Crippen MR) is 82.5 cm³/mol. The Kier molecular flexibility index (Phi) is 3.98. The van der Waals surface area contributed by atoms with Crippen LogP contribution in [0.25, 0.3) is 0 Å². The molecule has 0 radical (unpaired) electrons. The first-order valence-corrected chi connectivity index (χ1v) is 7.56. The summed E-state index contributed by atoms with van der Waals surface area (Å²) in [4.78, 5) is 4.66. The van der Waals surface area contributed by atoms with Gasteiger partial charge >= 0.3 is 0 Å². The molecule has 2 N–H and O–H groups in total. The molecule has 0 bridgehead atoms. The van der Waals surface area contributed by atoms with Crippen LogP contribution in [0.1, 0.15) is 44.0 Å². The second-order valence-corrected chi connectivity index (χ2v) is 7.42. The van der Waals surface area contributed by atoms with Crippen molar-refractivity contribution in [2.75, 3.05) is 0 Å². The third-order valence-corrected chi connectivity index (χ3v) is 4.17. The van der Waals surface area contributed by atoms with Crippen LogP contribution < -0.4 is 5.73 Å². The van der Waals surface area contributed by atoms with Gasteiger partial charge in [0, 0.05) is 22.8 Å². The molecule has 0 aliphatic heterocycles. The lowest BCUT2D eigenvalue weighted by atomic mass is 9.90. The summed E-state index contributed by atoms with van der Waals surface area (Å²) in [6.45, 7) is 8.33. The van der Waals surface area contributed by atoms with E-state index in [0.717, 1.165) is 16.3 Å². The smallest absolute Gasteiger partial charge is 0.123 e. The van der Waals surface area contributed by atoms with Crippen LogP contribution in [0.3, 0.4) is 0 Å². The number of nitrogens with zero attached hydrogens (tertiary/aromatic N) is 1. The van der Waals surface area contributed by atoms with E-state index in [9.17, 15) is 4.39 Å². The minimum atomic E-state index is -0.616. The topological polar surface area (TPSA) is 38.9 Å². The summed E-state index contributed by atoms with van der Waals surface area (Å²) in [5.41, 5.74) is 7.65. The van der Waals surface area contributed by atoms with E-state index >= 15 is 0 Å². The van der Waals surface area contributed by atoms with Gasteiger partial charge in [-0.3, -0.25) is 0 Å². The van der Waals surface area contributed by atoms with Gasteiger partial charge in [-0.1, -0.05) is 32.9 Å². The molecule has 0 saturated heterocycles. The molecular weight excluding hydrogens is 271 g/mol. The van der Waals surface area contributed by atoms with Crippen LogP contribution in [0.4, 0.5) is 4.39 Å². The van der Waals surface area contributed by atoms with Crippen LogP contribution in [0.5, 0.6) is 0 Å². The van der Waals surface area contributed by atoms with E-state index in [-0.39, 0.29) is 11.2 Å². The van der Waals surface area contributed by atoms with E-state index in [1.54, 1.807) is 17.4 Å². The van der Waals surface area contributed by atoms with Crippen molar-refractivity contribution >= 4 is 11.3 Å². The van der Waals surface area contributed by atoms with E-state index in [2.05, 4.69) is 31.1 Å². The maximum atomic E-state index is 13.3. The van der Waals surface area contributed by atoms with Crippen molar-refractivity contribution in [1.29, 1.82) is 0 Å². The van der Waals surface area contributed by atoms with Gasteiger partial charge in [0.1, 0.15) is 5.82 Å². The molecule has 2 rings (SSSR count). The fourth-order valence-corrected chi connectivity index (χ4v) is 3.18. The summed E-state index contributed by atoms with van der Waals surface area (Å²) in [6.07, 6.45) is 0.608. The fraction of sp³-hybridized carbons (Fsp3) is 0.438. The lowest BCUT2D eigenvalue weighted by Crippen LogP contribution is -2.35. The Labute approximate surface area is 123 Å². The number of thiazole rings is 1. The van der Waals surface area contributed by atoms with E-state index in [0.29, 0.717) is 6.42 Å². The maximum absolute atomic E-state index is 13.3. The Balaban J connectivity index is 2.22. The standard InChI is InChI=1S/C16H21FN2S/c1-15(2,3)13-10-20-14(19-13)9-16(4,18)11-6-5-7-12(17)8-11/h5-8,10H,9,18H2,1-4H3. The molecule has 1 unspecified atom stereocenters. The molecule has 0 spiro atoms. The largest absolute Gasteiger partial charge is 0.321 e. The molecule has 0 saturated carbocycles. The van der Waals surface area contributed by atoms with Gasteiger partial charge in [0.15, 0.2) is 0 Å². The SMILES string of the molecule is CC(C)(C)c1csc(CC(C)(N)c2cccc(F)c2)n1. The second-order valence-electron chi connectivity index (χ2n) is 6.48. The van der Waals surface area contributed by atoms with Crippen molar-refractivity contribution in [2.24, 2.45) is 5.73 Å². The third-order valence-electron chi connectivity index (χ3n) is 3.32. The molecule has 1 aromatic carbocycles. The maximum Gasteiger partial charge on any atom is 0.123 e. The van der Waals surface area contributed by atoms with Gasteiger partial charge in [-0.15, -0.1) is 11.3 Å². The number of benzene rings is 1. The number of aromatic nitrogens is 1. The van der Waals surface area contributed by atoms with Crippen molar-refractivity contribution in [1.82, 2.24) is 4.98 Å². The second kappa shape index (κ2) is 5.26. The molecule has 0 fully saturated rings. The molecule has 0 aliphatic rings. The molecule has 4 heteroatoms. The normalized spacial score (nSPS) is 15.1. The summed E-state index contributed by atoms with van der Waals surface area (Å²) in [7, 11) is 0. The van der Waals surface area contributed by atoms with E-state index in [1.165, 1.54) is 12.1 Å². The van der Waals surface area contributed by atoms with Crippen LogP contribution in [-0.4, -0.2) is 4.98 Å². The average Bonchev–Trinajstić information content (AvgIpc) is 2.76. The lowest BCUT2D eigenvalue weighted by Gasteiger charge is -2.24. The minimum absolute atomic E-state index is 0.0403. The zero-order valence-electron chi connectivity index (χ0n) is 12.4. The molecule has 1 atom stereocenters. The van der Waals surface area contributed by atoms with Gasteiger partial charge in [0.2, 0.25) is 0 Å². The van der Waals surface area contributed by atoms with Crippen LogP contribution in [0.15, 0.2) is 29.6 Å². The van der Waals surface area contributed by atoms with Gasteiger partial charge in [-0.2, -0.15) is 0 Å². The number of hydrogen-bond donors (Lipinski definition) is 1. The summed E-state index contributed by atoms with van der Waals surface area (Å²) in [5, 5.41) is 3.07. The summed E-state index contributed by atoms with van der Waals surface area (Å²) in [5.74, 6) is -0.256. The van der Waals surface area contributed by atoms with Crippen LogP contribution in [-0.2, 0) is 17.4 Å². The highest BCUT2D eigenvalue weighted by Gasteiger charge is 2.25. The first-order chi connectivity index (χ1) is 9.18. The van der Waals surface area contributed by atoms with E-state index in [1.807, 2.05) is 13.0 Å². The molecule has 108 valence electrons. The number of halogens is 1. The molecule has 1 heterocycles. The zero-order chi connectivity index (χ0) is 15.0. The number of nitrogens with two attached hydrogens (primary N) is 1. The van der Waals surface area contributed by atoms with Crippen LogP contribution in [0.2, 0.25) is 0 Å². The van der Waals surface area contributed by atoms with Gasteiger partial charge in [0.25, 0.3) is 0 Å². The van der Waals surface area contributed by atoms with Gasteiger partial charge in [-0.05, 0) is 24.6 Å². The zero-order valence-corrected chi connectivity index (χ0v) is 13.2.